The molecular weight excluding hydrogens is 262 g/mol. The summed E-state index contributed by atoms with van der Waals surface area (Å²) in [5, 5.41) is 16.6. The maximum Gasteiger partial charge on any atom is 0.236 e. The summed E-state index contributed by atoms with van der Waals surface area (Å²) >= 11 is 1.47. The summed E-state index contributed by atoms with van der Waals surface area (Å²) in [6, 6.07) is 7.70. The van der Waals surface area contributed by atoms with Gasteiger partial charge in [-0.05, 0) is 24.3 Å². The Morgan fingerprint density at radius 3 is 2.74 bits per heavy atom. The van der Waals surface area contributed by atoms with E-state index in [9.17, 15) is 0 Å². The average Bonchev–Trinajstić information content (AvgIpc) is 2.99. The van der Waals surface area contributed by atoms with E-state index >= 15 is 0 Å². The molecular formula is C12H13N5OS. The Morgan fingerprint density at radius 1 is 1.26 bits per heavy atom. The number of fused-ring (bicyclic) bond motifs is 1. The first-order chi connectivity index (χ1) is 9.30. The fourth-order valence-electron chi connectivity index (χ4n) is 1.73. The Bertz CT molecular complexity index is 688. The SMILES string of the molecule is CCc1nnc2sc(Nc3ccc(OC)cc3)nn12. The van der Waals surface area contributed by atoms with Gasteiger partial charge in [0.15, 0.2) is 5.82 Å². The zero-order chi connectivity index (χ0) is 13.2. The summed E-state index contributed by atoms with van der Waals surface area (Å²) in [5.41, 5.74) is 0.962. The lowest BCUT2D eigenvalue weighted by molar-refractivity contribution is 0.415. The molecule has 0 aliphatic carbocycles. The Balaban J connectivity index is 1.85. The van der Waals surface area contributed by atoms with Gasteiger partial charge in [-0.2, -0.15) is 4.52 Å². The van der Waals surface area contributed by atoms with Gasteiger partial charge in [0.05, 0.1) is 7.11 Å². The molecule has 3 rings (SSSR count). The molecule has 0 saturated carbocycles. The third-order valence-corrected chi connectivity index (χ3v) is 3.53. The molecule has 0 atom stereocenters. The van der Waals surface area contributed by atoms with Crippen molar-refractivity contribution in [3.05, 3.63) is 30.1 Å². The highest BCUT2D eigenvalue weighted by Crippen LogP contribution is 2.24. The minimum atomic E-state index is 0.796. The van der Waals surface area contributed by atoms with E-state index in [2.05, 4.69) is 20.6 Å². The fraction of sp³-hybridized carbons (Fsp3) is 0.250. The predicted molar refractivity (Wildman–Crippen MR) is 74.3 cm³/mol. The fourth-order valence-corrected chi connectivity index (χ4v) is 2.50. The molecule has 0 saturated heterocycles. The first-order valence-corrected chi connectivity index (χ1v) is 6.74. The summed E-state index contributed by atoms with van der Waals surface area (Å²) in [4.78, 5) is 0.799. The third-order valence-electron chi connectivity index (χ3n) is 2.71. The van der Waals surface area contributed by atoms with Gasteiger partial charge in [0.25, 0.3) is 0 Å². The number of aromatic nitrogens is 4. The van der Waals surface area contributed by atoms with Crippen LogP contribution >= 0.6 is 11.3 Å². The molecule has 0 bridgehead atoms. The van der Waals surface area contributed by atoms with E-state index in [1.54, 1.807) is 11.6 Å². The summed E-state index contributed by atoms with van der Waals surface area (Å²) in [6.45, 7) is 2.03. The second kappa shape index (κ2) is 4.85. The van der Waals surface area contributed by atoms with Crippen molar-refractivity contribution in [2.24, 2.45) is 0 Å². The molecule has 6 nitrogen and oxygen atoms in total. The van der Waals surface area contributed by atoms with Crippen LogP contribution in [0.4, 0.5) is 10.8 Å². The average molecular weight is 275 g/mol. The van der Waals surface area contributed by atoms with E-state index in [0.29, 0.717) is 0 Å². The number of hydrogen-bond donors (Lipinski definition) is 1. The summed E-state index contributed by atoms with van der Waals surface area (Å²) in [6.07, 6.45) is 0.812. The van der Waals surface area contributed by atoms with Crippen LogP contribution < -0.4 is 10.1 Å². The van der Waals surface area contributed by atoms with Gasteiger partial charge in [0, 0.05) is 12.1 Å². The Morgan fingerprint density at radius 2 is 2.05 bits per heavy atom. The standard InChI is InChI=1S/C12H13N5OS/c1-3-10-14-15-12-17(10)16-11(19-12)13-8-4-6-9(18-2)7-5-8/h4-7H,3H2,1-2H3,(H,13,16). The maximum absolute atomic E-state index is 5.12. The van der Waals surface area contributed by atoms with Gasteiger partial charge in [0.1, 0.15) is 5.75 Å². The molecule has 19 heavy (non-hydrogen) atoms. The van der Waals surface area contributed by atoms with Crippen LogP contribution in [0.2, 0.25) is 0 Å². The summed E-state index contributed by atoms with van der Waals surface area (Å²) < 4.78 is 6.90. The molecule has 98 valence electrons. The van der Waals surface area contributed by atoms with Crippen molar-refractivity contribution in [2.45, 2.75) is 13.3 Å². The van der Waals surface area contributed by atoms with Crippen LogP contribution in [0.3, 0.4) is 0 Å². The third kappa shape index (κ3) is 2.24. The number of nitrogens with zero attached hydrogens (tertiary/aromatic N) is 4. The van der Waals surface area contributed by atoms with Crippen LogP contribution in [-0.4, -0.2) is 26.9 Å². The number of methoxy groups -OCH3 is 1. The number of aryl methyl sites for hydroxylation is 1. The Kier molecular flexibility index (Phi) is 3.04. The van der Waals surface area contributed by atoms with E-state index in [1.165, 1.54) is 11.3 Å². The highest BCUT2D eigenvalue weighted by Gasteiger charge is 2.10. The largest absolute Gasteiger partial charge is 0.497 e. The maximum atomic E-state index is 5.12. The van der Waals surface area contributed by atoms with Gasteiger partial charge >= 0.3 is 0 Å². The summed E-state index contributed by atoms with van der Waals surface area (Å²) in [5.74, 6) is 1.70. The molecule has 2 aromatic heterocycles. The lowest BCUT2D eigenvalue weighted by Gasteiger charge is -2.03. The van der Waals surface area contributed by atoms with E-state index in [0.717, 1.165) is 33.8 Å². The Hall–Kier alpha value is -2.15. The van der Waals surface area contributed by atoms with Gasteiger partial charge in [-0.1, -0.05) is 18.3 Å². The lowest BCUT2D eigenvalue weighted by atomic mass is 10.3. The number of benzene rings is 1. The quantitative estimate of drug-likeness (QED) is 0.792. The zero-order valence-corrected chi connectivity index (χ0v) is 11.4. The molecule has 1 aromatic carbocycles. The molecule has 0 amide bonds. The van der Waals surface area contributed by atoms with Crippen LogP contribution in [0.5, 0.6) is 5.75 Å². The predicted octanol–water partition coefficient (Wildman–Crippen LogP) is 2.50. The number of hydrogen-bond acceptors (Lipinski definition) is 6. The number of nitrogens with one attached hydrogen (secondary N) is 1. The molecule has 0 aliphatic heterocycles. The molecule has 0 unspecified atom stereocenters. The minimum absolute atomic E-state index is 0.796. The van der Waals surface area contributed by atoms with E-state index in [4.69, 9.17) is 4.74 Å². The number of rotatable bonds is 4. The van der Waals surface area contributed by atoms with Gasteiger partial charge in [-0.25, -0.2) is 0 Å². The van der Waals surface area contributed by atoms with Gasteiger partial charge < -0.3 is 10.1 Å². The highest BCUT2D eigenvalue weighted by molar-refractivity contribution is 7.20. The molecule has 1 N–H and O–H groups in total. The molecule has 0 aliphatic rings. The number of anilines is 2. The van der Waals surface area contributed by atoms with Crippen molar-refractivity contribution in [1.82, 2.24) is 19.8 Å². The molecule has 0 radical (unpaired) electrons. The monoisotopic (exact) mass is 275 g/mol. The van der Waals surface area contributed by atoms with Crippen molar-refractivity contribution < 1.29 is 4.74 Å². The topological polar surface area (TPSA) is 64.3 Å². The Labute approximate surface area is 114 Å². The van der Waals surface area contributed by atoms with Crippen molar-refractivity contribution in [1.29, 1.82) is 0 Å². The molecule has 3 aromatic rings. The normalized spacial score (nSPS) is 10.8. The smallest absolute Gasteiger partial charge is 0.236 e. The van der Waals surface area contributed by atoms with Crippen LogP contribution in [0.1, 0.15) is 12.7 Å². The van der Waals surface area contributed by atoms with Crippen molar-refractivity contribution in [3.8, 4) is 5.75 Å². The van der Waals surface area contributed by atoms with E-state index < -0.39 is 0 Å². The van der Waals surface area contributed by atoms with Crippen molar-refractivity contribution in [2.75, 3.05) is 12.4 Å². The second-order valence-electron chi connectivity index (χ2n) is 3.92. The lowest BCUT2D eigenvalue weighted by Crippen LogP contribution is -1.95. The van der Waals surface area contributed by atoms with Crippen LogP contribution in [0.25, 0.3) is 4.96 Å². The van der Waals surface area contributed by atoms with E-state index in [1.807, 2.05) is 31.2 Å². The first-order valence-electron chi connectivity index (χ1n) is 5.92. The highest BCUT2D eigenvalue weighted by atomic mass is 32.1. The van der Waals surface area contributed by atoms with Gasteiger partial charge in [-0.3, -0.25) is 0 Å². The second-order valence-corrected chi connectivity index (χ2v) is 4.88. The summed E-state index contributed by atoms with van der Waals surface area (Å²) in [7, 11) is 1.65. The van der Waals surface area contributed by atoms with Crippen molar-refractivity contribution >= 4 is 27.1 Å². The molecule has 7 heteroatoms. The zero-order valence-electron chi connectivity index (χ0n) is 10.6. The molecule has 0 fully saturated rings. The van der Waals surface area contributed by atoms with E-state index in [-0.39, 0.29) is 0 Å². The molecule has 2 heterocycles. The van der Waals surface area contributed by atoms with Gasteiger partial charge in [-0.15, -0.1) is 15.3 Å². The van der Waals surface area contributed by atoms with Crippen LogP contribution in [0, 0.1) is 0 Å². The first kappa shape index (κ1) is 11.9. The van der Waals surface area contributed by atoms with Crippen LogP contribution in [-0.2, 0) is 6.42 Å². The van der Waals surface area contributed by atoms with Crippen LogP contribution in [0.15, 0.2) is 24.3 Å². The number of ether oxygens (including phenoxy) is 1. The van der Waals surface area contributed by atoms with Crippen molar-refractivity contribution in [3.63, 3.8) is 0 Å². The minimum Gasteiger partial charge on any atom is -0.497 e. The van der Waals surface area contributed by atoms with Gasteiger partial charge in [0.2, 0.25) is 10.1 Å². The molecule has 0 spiro atoms.